The van der Waals surface area contributed by atoms with Gasteiger partial charge in [-0.3, -0.25) is 9.59 Å². The van der Waals surface area contributed by atoms with Gasteiger partial charge in [0.1, 0.15) is 0 Å². The van der Waals surface area contributed by atoms with Crippen LogP contribution < -0.4 is 0 Å². The first-order chi connectivity index (χ1) is 4.04. The second-order valence-electron chi connectivity index (χ2n) is 1.41. The molecule has 0 aliphatic rings. The summed E-state index contributed by atoms with van der Waals surface area (Å²) in [6.45, 7) is 1.55. The Labute approximate surface area is 69.6 Å². The van der Waals surface area contributed by atoms with Crippen LogP contribution in [0.5, 0.6) is 0 Å². The first-order valence-corrected chi connectivity index (χ1v) is 3.70. The molecule has 4 heteroatoms. The predicted molar refractivity (Wildman–Crippen MR) is 41.6 cm³/mol. The van der Waals surface area contributed by atoms with Crippen molar-refractivity contribution in [2.75, 3.05) is 0 Å². The molecule has 0 heterocycles. The highest BCUT2D eigenvalue weighted by Gasteiger charge is 1.98. The Morgan fingerprint density at radius 3 is 1.89 bits per heavy atom. The molecule has 0 aromatic carbocycles. The van der Waals surface area contributed by atoms with E-state index >= 15 is 0 Å². The summed E-state index contributed by atoms with van der Waals surface area (Å²) in [6, 6.07) is 0. The van der Waals surface area contributed by atoms with Crippen LogP contribution in [-0.2, 0) is 9.59 Å². The SMILES string of the molecule is C/C(=C\C(=O)Br)C(=O)Br. The van der Waals surface area contributed by atoms with Crippen molar-refractivity contribution < 1.29 is 9.59 Å². The molecule has 2 nitrogen and oxygen atoms in total. The van der Waals surface area contributed by atoms with Gasteiger partial charge in [-0.25, -0.2) is 0 Å². The van der Waals surface area contributed by atoms with Crippen molar-refractivity contribution >= 4 is 41.2 Å². The monoisotopic (exact) mass is 254 g/mol. The molecule has 0 aliphatic heterocycles. The Morgan fingerprint density at radius 2 is 1.78 bits per heavy atom. The van der Waals surface area contributed by atoms with Crippen molar-refractivity contribution in [2.24, 2.45) is 0 Å². The van der Waals surface area contributed by atoms with Crippen molar-refractivity contribution in [3.8, 4) is 0 Å². The van der Waals surface area contributed by atoms with E-state index in [-0.39, 0.29) is 9.39 Å². The normalized spacial score (nSPS) is 11.2. The highest BCUT2D eigenvalue weighted by molar-refractivity contribution is 9.18. The Balaban J connectivity index is 4.17. The van der Waals surface area contributed by atoms with Crippen LogP contribution >= 0.6 is 31.9 Å². The smallest absolute Gasteiger partial charge is 0.223 e. The molecule has 0 rings (SSSR count). The fourth-order valence-corrected chi connectivity index (χ4v) is 0.685. The van der Waals surface area contributed by atoms with Crippen LogP contribution in [0, 0.1) is 0 Å². The highest BCUT2D eigenvalue weighted by Crippen LogP contribution is 2.02. The lowest BCUT2D eigenvalue weighted by Gasteiger charge is -1.85. The van der Waals surface area contributed by atoms with Gasteiger partial charge in [-0.2, -0.15) is 0 Å². The average Bonchev–Trinajstić information content (AvgIpc) is 1.63. The van der Waals surface area contributed by atoms with Gasteiger partial charge in [0.25, 0.3) is 0 Å². The van der Waals surface area contributed by atoms with Crippen molar-refractivity contribution in [3.05, 3.63) is 11.6 Å². The molecular weight excluding hydrogens is 252 g/mol. The fourth-order valence-electron chi connectivity index (χ4n) is 0.227. The lowest BCUT2D eigenvalue weighted by Crippen LogP contribution is -1.89. The minimum atomic E-state index is -0.298. The second-order valence-corrected chi connectivity index (χ2v) is 2.91. The molecule has 50 valence electrons. The molecule has 0 aromatic heterocycles. The van der Waals surface area contributed by atoms with Crippen LogP contribution in [0.25, 0.3) is 0 Å². The zero-order valence-electron chi connectivity index (χ0n) is 4.65. The number of carbonyl (C=O) groups excluding carboxylic acids is 2. The number of hydrogen-bond donors (Lipinski definition) is 0. The Kier molecular flexibility index (Phi) is 3.97. The summed E-state index contributed by atoms with van der Waals surface area (Å²) in [5.74, 6) is 0. The summed E-state index contributed by atoms with van der Waals surface area (Å²) in [5.41, 5.74) is 0.386. The molecule has 0 amide bonds. The average molecular weight is 256 g/mol. The van der Waals surface area contributed by atoms with Gasteiger partial charge in [0.05, 0.1) is 0 Å². The highest BCUT2D eigenvalue weighted by atomic mass is 79.9. The maximum Gasteiger partial charge on any atom is 0.223 e. The van der Waals surface area contributed by atoms with Crippen molar-refractivity contribution in [3.63, 3.8) is 0 Å². The molecule has 9 heavy (non-hydrogen) atoms. The Bertz CT molecular complexity index is 172. The molecule has 0 radical (unpaired) electrons. The molecule has 0 unspecified atom stereocenters. The second kappa shape index (κ2) is 3.95. The number of allylic oxidation sites excluding steroid dienone is 2. The first kappa shape index (κ1) is 9.04. The van der Waals surface area contributed by atoms with Crippen molar-refractivity contribution in [1.82, 2.24) is 0 Å². The Morgan fingerprint density at radius 1 is 1.33 bits per heavy atom. The molecule has 0 saturated carbocycles. The summed E-state index contributed by atoms with van der Waals surface area (Å²) in [7, 11) is 0. The number of rotatable bonds is 2. The molecule has 0 bridgehead atoms. The van der Waals surface area contributed by atoms with Gasteiger partial charge in [-0.1, -0.05) is 0 Å². The zero-order chi connectivity index (χ0) is 7.44. The maximum absolute atomic E-state index is 10.4. The number of carbonyl (C=O) groups is 2. The van der Waals surface area contributed by atoms with Gasteiger partial charge >= 0.3 is 0 Å². The van der Waals surface area contributed by atoms with Gasteiger partial charge in [-0.15, -0.1) is 0 Å². The molecule has 0 N–H and O–H groups in total. The summed E-state index contributed by atoms with van der Waals surface area (Å²) < 4.78 is -0.567. The fraction of sp³-hybridized carbons (Fsp3) is 0.200. The van der Waals surface area contributed by atoms with Crippen molar-refractivity contribution in [1.29, 1.82) is 0 Å². The lowest BCUT2D eigenvalue weighted by molar-refractivity contribution is -0.109. The topological polar surface area (TPSA) is 34.1 Å². The van der Waals surface area contributed by atoms with E-state index in [1.165, 1.54) is 6.08 Å². The van der Waals surface area contributed by atoms with Crippen LogP contribution in [0.2, 0.25) is 0 Å². The van der Waals surface area contributed by atoms with Crippen LogP contribution in [0.4, 0.5) is 0 Å². The van der Waals surface area contributed by atoms with Crippen molar-refractivity contribution in [2.45, 2.75) is 6.92 Å². The molecule has 0 fully saturated rings. The number of hydrogen-bond acceptors (Lipinski definition) is 2. The van der Waals surface area contributed by atoms with Crippen LogP contribution in [0.1, 0.15) is 6.92 Å². The molecule has 0 aliphatic carbocycles. The summed E-state index contributed by atoms with van der Waals surface area (Å²) in [6.07, 6.45) is 1.21. The van der Waals surface area contributed by atoms with Gasteiger partial charge < -0.3 is 0 Å². The van der Waals surface area contributed by atoms with Crippen LogP contribution in [0.15, 0.2) is 11.6 Å². The summed E-state index contributed by atoms with van der Waals surface area (Å²) in [5, 5.41) is 0. The molecule has 0 atom stereocenters. The standard InChI is InChI=1S/C5H4Br2O2/c1-3(5(7)9)2-4(6)8/h2H,1H3/b3-2+. The van der Waals surface area contributed by atoms with Gasteiger partial charge in [-0.05, 0) is 38.8 Å². The molecule has 0 saturated heterocycles. The Hall–Kier alpha value is 0.0400. The van der Waals surface area contributed by atoms with E-state index in [9.17, 15) is 9.59 Å². The van der Waals surface area contributed by atoms with E-state index in [2.05, 4.69) is 31.9 Å². The van der Waals surface area contributed by atoms with Gasteiger partial charge in [0.15, 0.2) is 0 Å². The van der Waals surface area contributed by atoms with E-state index < -0.39 is 0 Å². The van der Waals surface area contributed by atoms with Crippen LogP contribution in [-0.4, -0.2) is 9.39 Å². The minimum absolute atomic E-state index is 0.268. The van der Waals surface area contributed by atoms with E-state index in [0.29, 0.717) is 5.57 Å². The van der Waals surface area contributed by atoms with E-state index in [1.807, 2.05) is 0 Å². The maximum atomic E-state index is 10.4. The van der Waals surface area contributed by atoms with Gasteiger partial charge in [0, 0.05) is 11.6 Å². The summed E-state index contributed by atoms with van der Waals surface area (Å²) in [4.78, 5) is 20.6. The predicted octanol–water partition coefficient (Wildman–Crippen LogP) is 1.78. The van der Waals surface area contributed by atoms with E-state index in [0.717, 1.165) is 0 Å². The quantitative estimate of drug-likeness (QED) is 0.557. The molecule has 0 aromatic rings. The third-order valence-corrected chi connectivity index (χ3v) is 1.49. The van der Waals surface area contributed by atoms with Gasteiger partial charge in [0.2, 0.25) is 9.39 Å². The van der Waals surface area contributed by atoms with E-state index in [1.54, 1.807) is 6.92 Å². The third kappa shape index (κ3) is 4.54. The lowest BCUT2D eigenvalue weighted by atomic mass is 10.3. The minimum Gasteiger partial charge on any atom is -0.282 e. The molecule has 0 spiro atoms. The number of halogens is 2. The largest absolute Gasteiger partial charge is 0.282 e. The zero-order valence-corrected chi connectivity index (χ0v) is 7.82. The van der Waals surface area contributed by atoms with Crippen LogP contribution in [0.3, 0.4) is 0 Å². The third-order valence-electron chi connectivity index (χ3n) is 0.640. The van der Waals surface area contributed by atoms with E-state index in [4.69, 9.17) is 0 Å². The summed E-state index contributed by atoms with van der Waals surface area (Å²) >= 11 is 5.34. The molecular formula is C5H4Br2O2. The first-order valence-electron chi connectivity index (χ1n) is 2.11.